The van der Waals surface area contributed by atoms with Gasteiger partial charge in [-0.2, -0.15) is 0 Å². The van der Waals surface area contributed by atoms with Crippen LogP contribution in [0.15, 0.2) is 29.2 Å². The molecule has 1 fully saturated rings. The summed E-state index contributed by atoms with van der Waals surface area (Å²) in [6.45, 7) is 4.98. The molecule has 1 heterocycles. The van der Waals surface area contributed by atoms with Crippen LogP contribution in [0.5, 0.6) is 0 Å². The minimum Gasteiger partial charge on any atom is -0.478 e. The number of carboxylic acids is 1. The van der Waals surface area contributed by atoms with E-state index >= 15 is 0 Å². The molecule has 1 aromatic rings. The average Bonchev–Trinajstić information content (AvgIpc) is 2.93. The number of thioether (sulfide) groups is 1. The number of nitrogens with zero attached hydrogens (tertiary/aromatic N) is 1. The van der Waals surface area contributed by atoms with E-state index in [1.807, 2.05) is 11.0 Å². The quantitative estimate of drug-likeness (QED) is 0.815. The van der Waals surface area contributed by atoms with Gasteiger partial charge < -0.3 is 10.0 Å². The van der Waals surface area contributed by atoms with Crippen LogP contribution < -0.4 is 0 Å². The van der Waals surface area contributed by atoms with Gasteiger partial charge in [0.05, 0.1) is 5.56 Å². The molecule has 0 spiro atoms. The third kappa shape index (κ3) is 4.50. The third-order valence-corrected chi connectivity index (χ3v) is 4.94. The molecule has 0 bridgehead atoms. The summed E-state index contributed by atoms with van der Waals surface area (Å²) in [7, 11) is 0. The van der Waals surface area contributed by atoms with E-state index in [-0.39, 0.29) is 11.9 Å². The van der Waals surface area contributed by atoms with Gasteiger partial charge in [0, 0.05) is 29.7 Å². The molecule has 1 amide bonds. The summed E-state index contributed by atoms with van der Waals surface area (Å²) in [5.74, 6) is 0.551. The lowest BCUT2D eigenvalue weighted by molar-refractivity contribution is -0.132. The Bertz CT molecular complexity index is 544. The lowest BCUT2D eigenvalue weighted by Crippen LogP contribution is -2.37. The van der Waals surface area contributed by atoms with Gasteiger partial charge in [-0.3, -0.25) is 4.79 Å². The average molecular weight is 321 g/mol. The summed E-state index contributed by atoms with van der Waals surface area (Å²) in [5.41, 5.74) is 0.309. The number of carbonyl (C=O) groups excluding carboxylic acids is 1. The van der Waals surface area contributed by atoms with Crippen LogP contribution in [0.3, 0.4) is 0 Å². The van der Waals surface area contributed by atoms with Crippen LogP contribution in [0.25, 0.3) is 0 Å². The summed E-state index contributed by atoms with van der Waals surface area (Å²) >= 11 is 1.63. The lowest BCUT2D eigenvalue weighted by atomic mass is 10.1. The molecule has 4 nitrogen and oxygen atoms in total. The van der Waals surface area contributed by atoms with Gasteiger partial charge in [-0.25, -0.2) is 4.79 Å². The van der Waals surface area contributed by atoms with E-state index in [1.165, 1.54) is 0 Å². The fourth-order valence-electron chi connectivity index (χ4n) is 2.72. The minimum atomic E-state index is -0.906. The Kier molecular flexibility index (Phi) is 5.89. The molecule has 1 aliphatic heterocycles. The van der Waals surface area contributed by atoms with Crippen LogP contribution >= 0.6 is 11.8 Å². The van der Waals surface area contributed by atoms with E-state index in [0.717, 1.165) is 30.0 Å². The van der Waals surface area contributed by atoms with E-state index in [9.17, 15) is 9.59 Å². The maximum Gasteiger partial charge on any atom is 0.335 e. The molecule has 120 valence electrons. The first-order valence-corrected chi connectivity index (χ1v) is 8.71. The highest BCUT2D eigenvalue weighted by atomic mass is 32.2. The molecule has 0 radical (unpaired) electrons. The normalized spacial score (nSPS) is 18.0. The number of amides is 1. The van der Waals surface area contributed by atoms with Gasteiger partial charge in [-0.05, 0) is 37.0 Å². The SMILES string of the molecule is CC(C)CC(=O)N1CCCC1CSc1cccc(C(=O)O)c1. The largest absolute Gasteiger partial charge is 0.478 e. The van der Waals surface area contributed by atoms with Crippen molar-refractivity contribution in [3.8, 4) is 0 Å². The number of carboxylic acid groups (broad SMARTS) is 1. The lowest BCUT2D eigenvalue weighted by Gasteiger charge is -2.25. The van der Waals surface area contributed by atoms with Crippen molar-refractivity contribution in [2.45, 2.75) is 44.0 Å². The number of benzene rings is 1. The molecule has 1 unspecified atom stereocenters. The number of rotatable bonds is 6. The summed E-state index contributed by atoms with van der Waals surface area (Å²) in [6.07, 6.45) is 2.70. The van der Waals surface area contributed by atoms with E-state index < -0.39 is 5.97 Å². The van der Waals surface area contributed by atoms with Crippen molar-refractivity contribution in [1.82, 2.24) is 4.90 Å². The van der Waals surface area contributed by atoms with Crippen LogP contribution in [0, 0.1) is 5.92 Å². The van der Waals surface area contributed by atoms with Gasteiger partial charge in [-0.15, -0.1) is 11.8 Å². The second kappa shape index (κ2) is 7.68. The van der Waals surface area contributed by atoms with Crippen molar-refractivity contribution in [1.29, 1.82) is 0 Å². The molecule has 1 aliphatic rings. The highest BCUT2D eigenvalue weighted by Gasteiger charge is 2.28. The zero-order valence-electron chi connectivity index (χ0n) is 13.1. The van der Waals surface area contributed by atoms with Crippen molar-refractivity contribution in [3.05, 3.63) is 29.8 Å². The fourth-order valence-corrected chi connectivity index (χ4v) is 3.83. The first-order valence-electron chi connectivity index (χ1n) is 7.73. The summed E-state index contributed by atoms with van der Waals surface area (Å²) in [6, 6.07) is 7.25. The first kappa shape index (κ1) is 16.9. The maximum absolute atomic E-state index is 12.3. The summed E-state index contributed by atoms with van der Waals surface area (Å²) < 4.78 is 0. The van der Waals surface area contributed by atoms with Gasteiger partial charge >= 0.3 is 5.97 Å². The Morgan fingerprint density at radius 2 is 2.18 bits per heavy atom. The van der Waals surface area contributed by atoms with Crippen molar-refractivity contribution in [2.24, 2.45) is 5.92 Å². The Hall–Kier alpha value is -1.49. The molecule has 1 atom stereocenters. The molecule has 5 heteroatoms. The number of hydrogen-bond donors (Lipinski definition) is 1. The second-order valence-electron chi connectivity index (χ2n) is 6.13. The predicted octanol–water partition coefficient (Wildman–Crippen LogP) is 3.51. The Morgan fingerprint density at radius 1 is 1.41 bits per heavy atom. The van der Waals surface area contributed by atoms with E-state index in [1.54, 1.807) is 30.0 Å². The van der Waals surface area contributed by atoms with Crippen molar-refractivity contribution in [2.75, 3.05) is 12.3 Å². The van der Waals surface area contributed by atoms with Gasteiger partial charge in [0.2, 0.25) is 5.91 Å². The highest BCUT2D eigenvalue weighted by Crippen LogP contribution is 2.27. The molecule has 1 N–H and O–H groups in total. The van der Waals surface area contributed by atoms with Gasteiger partial charge in [-0.1, -0.05) is 19.9 Å². The van der Waals surface area contributed by atoms with Crippen LogP contribution in [-0.4, -0.2) is 40.2 Å². The molecule has 0 saturated carbocycles. The molecule has 22 heavy (non-hydrogen) atoms. The zero-order valence-corrected chi connectivity index (χ0v) is 13.9. The Labute approximate surface area is 135 Å². The molecular formula is C17H23NO3S. The summed E-state index contributed by atoms with van der Waals surface area (Å²) in [5, 5.41) is 9.03. The van der Waals surface area contributed by atoms with E-state index in [4.69, 9.17) is 5.11 Å². The molecule has 0 aliphatic carbocycles. The van der Waals surface area contributed by atoms with E-state index in [0.29, 0.717) is 17.9 Å². The monoisotopic (exact) mass is 321 g/mol. The third-order valence-electron chi connectivity index (χ3n) is 3.80. The topological polar surface area (TPSA) is 57.6 Å². The van der Waals surface area contributed by atoms with Crippen LogP contribution in [0.4, 0.5) is 0 Å². The minimum absolute atomic E-state index is 0.248. The molecule has 0 aromatic heterocycles. The van der Waals surface area contributed by atoms with Crippen LogP contribution in [0.1, 0.15) is 43.5 Å². The number of aromatic carboxylic acids is 1. The van der Waals surface area contributed by atoms with Gasteiger partial charge in [0.15, 0.2) is 0 Å². The van der Waals surface area contributed by atoms with Crippen LogP contribution in [-0.2, 0) is 4.79 Å². The molecular weight excluding hydrogens is 298 g/mol. The molecule has 2 rings (SSSR count). The van der Waals surface area contributed by atoms with Crippen LogP contribution in [0.2, 0.25) is 0 Å². The van der Waals surface area contributed by atoms with Gasteiger partial charge in [0.1, 0.15) is 0 Å². The Balaban J connectivity index is 1.94. The number of carbonyl (C=O) groups is 2. The standard InChI is InChI=1S/C17H23NO3S/c1-12(2)9-16(19)18-8-4-6-14(18)11-22-15-7-3-5-13(10-15)17(20)21/h3,5,7,10,12,14H,4,6,8-9,11H2,1-2H3,(H,20,21). The number of likely N-dealkylation sites (tertiary alicyclic amines) is 1. The van der Waals surface area contributed by atoms with Crippen molar-refractivity contribution in [3.63, 3.8) is 0 Å². The highest BCUT2D eigenvalue weighted by molar-refractivity contribution is 7.99. The molecule has 1 saturated heterocycles. The van der Waals surface area contributed by atoms with E-state index in [2.05, 4.69) is 13.8 Å². The Morgan fingerprint density at radius 3 is 2.86 bits per heavy atom. The number of hydrogen-bond acceptors (Lipinski definition) is 3. The summed E-state index contributed by atoms with van der Waals surface area (Å²) in [4.78, 5) is 26.2. The maximum atomic E-state index is 12.3. The fraction of sp³-hybridized carbons (Fsp3) is 0.529. The second-order valence-corrected chi connectivity index (χ2v) is 7.22. The first-order chi connectivity index (χ1) is 10.5. The zero-order chi connectivity index (χ0) is 16.1. The van der Waals surface area contributed by atoms with Gasteiger partial charge in [0.25, 0.3) is 0 Å². The molecule has 1 aromatic carbocycles. The van der Waals surface area contributed by atoms with Crippen molar-refractivity contribution < 1.29 is 14.7 Å². The predicted molar refractivity (Wildman–Crippen MR) is 88.3 cm³/mol. The van der Waals surface area contributed by atoms with Crippen molar-refractivity contribution >= 4 is 23.6 Å². The smallest absolute Gasteiger partial charge is 0.335 e.